The van der Waals surface area contributed by atoms with Gasteiger partial charge in [0.05, 0.1) is 5.60 Å². The second-order valence-corrected chi connectivity index (χ2v) is 3.56. The van der Waals surface area contributed by atoms with Crippen molar-refractivity contribution in [2.45, 2.75) is 32.3 Å². The van der Waals surface area contributed by atoms with Gasteiger partial charge in [0.25, 0.3) is 0 Å². The number of primary amides is 1. The lowest BCUT2D eigenvalue weighted by Crippen LogP contribution is -2.35. The van der Waals surface area contributed by atoms with Crippen LogP contribution in [-0.4, -0.2) is 29.7 Å². The van der Waals surface area contributed by atoms with Gasteiger partial charge in [-0.3, -0.25) is 4.79 Å². The Hall–Kier alpha value is -0.610. The van der Waals surface area contributed by atoms with Crippen molar-refractivity contribution >= 4 is 5.91 Å². The van der Waals surface area contributed by atoms with Crippen molar-refractivity contribution in [1.29, 1.82) is 0 Å². The maximum absolute atomic E-state index is 10.3. The first-order valence-electron chi connectivity index (χ1n) is 4.13. The number of aliphatic hydroxyl groups is 1. The van der Waals surface area contributed by atoms with E-state index >= 15 is 0 Å². The van der Waals surface area contributed by atoms with Crippen molar-refractivity contribution in [3.8, 4) is 0 Å². The molecule has 0 heterocycles. The van der Waals surface area contributed by atoms with Crippen LogP contribution in [-0.2, 0) is 4.79 Å². The lowest BCUT2D eigenvalue weighted by molar-refractivity contribution is -0.118. The predicted octanol–water partition coefficient (Wildman–Crippen LogP) is -0.388. The van der Waals surface area contributed by atoms with Crippen molar-refractivity contribution in [3.63, 3.8) is 0 Å². The molecule has 4 heteroatoms. The molecule has 4 nitrogen and oxygen atoms in total. The molecule has 0 rings (SSSR count). The Morgan fingerprint density at radius 2 is 2.17 bits per heavy atom. The van der Waals surface area contributed by atoms with Crippen molar-refractivity contribution in [2.75, 3.05) is 13.1 Å². The molecule has 0 aliphatic carbocycles. The topological polar surface area (TPSA) is 75.3 Å². The lowest BCUT2D eigenvalue weighted by atomic mass is 10.1. The third-order valence-corrected chi connectivity index (χ3v) is 1.33. The minimum atomic E-state index is -0.688. The zero-order chi connectivity index (χ0) is 9.61. The van der Waals surface area contributed by atoms with Crippen LogP contribution in [0.2, 0.25) is 0 Å². The summed E-state index contributed by atoms with van der Waals surface area (Å²) < 4.78 is 0. The van der Waals surface area contributed by atoms with Crippen LogP contribution in [0.25, 0.3) is 0 Å². The summed E-state index contributed by atoms with van der Waals surface area (Å²) >= 11 is 0. The van der Waals surface area contributed by atoms with E-state index in [1.807, 2.05) is 0 Å². The number of nitrogens with one attached hydrogen (secondary N) is 1. The highest BCUT2D eigenvalue weighted by molar-refractivity contribution is 5.73. The maximum Gasteiger partial charge on any atom is 0.217 e. The van der Waals surface area contributed by atoms with Gasteiger partial charge >= 0.3 is 0 Å². The van der Waals surface area contributed by atoms with Crippen molar-refractivity contribution in [2.24, 2.45) is 5.73 Å². The molecule has 0 radical (unpaired) electrons. The number of nitrogens with two attached hydrogens (primary N) is 1. The quantitative estimate of drug-likeness (QED) is 0.480. The molecule has 1 amide bonds. The van der Waals surface area contributed by atoms with Crippen LogP contribution in [0, 0.1) is 0 Å². The Bertz CT molecular complexity index is 140. The van der Waals surface area contributed by atoms with Gasteiger partial charge in [0.1, 0.15) is 0 Å². The standard InChI is InChI=1S/C8H18N2O2/c1-8(2,12)6-10-5-3-4-7(9)11/h10,12H,3-6H2,1-2H3,(H2,9,11). The summed E-state index contributed by atoms with van der Waals surface area (Å²) in [7, 11) is 0. The maximum atomic E-state index is 10.3. The van der Waals surface area contributed by atoms with Crippen molar-refractivity contribution < 1.29 is 9.90 Å². The molecule has 0 bridgehead atoms. The molecular weight excluding hydrogens is 156 g/mol. The highest BCUT2D eigenvalue weighted by Gasteiger charge is 2.10. The number of carbonyl (C=O) groups is 1. The van der Waals surface area contributed by atoms with E-state index in [0.29, 0.717) is 19.5 Å². The van der Waals surface area contributed by atoms with Crippen LogP contribution in [0.4, 0.5) is 0 Å². The Balaban J connectivity index is 3.17. The molecule has 0 fully saturated rings. The van der Waals surface area contributed by atoms with Gasteiger partial charge in [-0.25, -0.2) is 0 Å². The molecular formula is C8H18N2O2. The summed E-state index contributed by atoms with van der Waals surface area (Å²) in [6.45, 7) is 4.71. The summed E-state index contributed by atoms with van der Waals surface area (Å²) in [6.07, 6.45) is 1.13. The molecule has 0 aromatic carbocycles. The largest absolute Gasteiger partial charge is 0.389 e. The molecule has 0 aliphatic heterocycles. The smallest absolute Gasteiger partial charge is 0.217 e. The number of hydrogen-bond donors (Lipinski definition) is 3. The van der Waals surface area contributed by atoms with Gasteiger partial charge in [-0.1, -0.05) is 0 Å². The van der Waals surface area contributed by atoms with Gasteiger partial charge in [-0.15, -0.1) is 0 Å². The fraction of sp³-hybridized carbons (Fsp3) is 0.875. The molecule has 0 unspecified atom stereocenters. The highest BCUT2D eigenvalue weighted by atomic mass is 16.3. The van der Waals surface area contributed by atoms with Crippen LogP contribution in [0.15, 0.2) is 0 Å². The van der Waals surface area contributed by atoms with Crippen LogP contribution < -0.4 is 11.1 Å². The minimum absolute atomic E-state index is 0.278. The average molecular weight is 174 g/mol. The molecule has 0 aromatic heterocycles. The Kier molecular flexibility index (Phi) is 4.85. The monoisotopic (exact) mass is 174 g/mol. The van der Waals surface area contributed by atoms with E-state index in [-0.39, 0.29) is 5.91 Å². The van der Waals surface area contributed by atoms with Crippen LogP contribution in [0.5, 0.6) is 0 Å². The SMILES string of the molecule is CC(C)(O)CNCCCC(N)=O. The van der Waals surface area contributed by atoms with Gasteiger partial charge < -0.3 is 16.2 Å². The van der Waals surface area contributed by atoms with Crippen LogP contribution in [0.3, 0.4) is 0 Å². The normalized spacial score (nSPS) is 11.6. The van der Waals surface area contributed by atoms with Crippen LogP contribution in [0.1, 0.15) is 26.7 Å². The molecule has 4 N–H and O–H groups in total. The fourth-order valence-corrected chi connectivity index (χ4v) is 0.782. The van der Waals surface area contributed by atoms with E-state index in [0.717, 1.165) is 6.42 Å². The fourth-order valence-electron chi connectivity index (χ4n) is 0.782. The minimum Gasteiger partial charge on any atom is -0.389 e. The number of hydrogen-bond acceptors (Lipinski definition) is 3. The molecule has 72 valence electrons. The molecule has 0 saturated heterocycles. The Morgan fingerprint density at radius 1 is 1.58 bits per heavy atom. The third kappa shape index (κ3) is 9.39. The molecule has 0 spiro atoms. The molecule has 0 aromatic rings. The summed E-state index contributed by atoms with van der Waals surface area (Å²) in [4.78, 5) is 10.3. The van der Waals surface area contributed by atoms with Crippen molar-refractivity contribution in [1.82, 2.24) is 5.32 Å². The van der Waals surface area contributed by atoms with E-state index in [1.54, 1.807) is 13.8 Å². The summed E-state index contributed by atoms with van der Waals surface area (Å²) in [5.74, 6) is -0.278. The van der Waals surface area contributed by atoms with Crippen LogP contribution >= 0.6 is 0 Å². The van der Waals surface area contributed by atoms with E-state index in [4.69, 9.17) is 5.73 Å². The molecule has 0 atom stereocenters. The average Bonchev–Trinajstić information content (AvgIpc) is 1.83. The van der Waals surface area contributed by atoms with E-state index in [1.165, 1.54) is 0 Å². The van der Waals surface area contributed by atoms with E-state index in [2.05, 4.69) is 5.32 Å². The predicted molar refractivity (Wildman–Crippen MR) is 47.6 cm³/mol. The molecule has 0 aliphatic rings. The molecule has 0 saturated carbocycles. The number of rotatable bonds is 6. The summed E-state index contributed by atoms with van der Waals surface area (Å²) in [6, 6.07) is 0. The van der Waals surface area contributed by atoms with Gasteiger partial charge in [0.15, 0.2) is 0 Å². The molecule has 12 heavy (non-hydrogen) atoms. The van der Waals surface area contributed by atoms with Gasteiger partial charge in [-0.05, 0) is 26.8 Å². The first kappa shape index (κ1) is 11.4. The van der Waals surface area contributed by atoms with E-state index in [9.17, 15) is 9.90 Å². The Labute approximate surface area is 73.1 Å². The second kappa shape index (κ2) is 5.11. The summed E-state index contributed by atoms with van der Waals surface area (Å²) in [5, 5.41) is 12.3. The van der Waals surface area contributed by atoms with Gasteiger partial charge in [-0.2, -0.15) is 0 Å². The highest BCUT2D eigenvalue weighted by Crippen LogP contribution is 1.97. The first-order valence-corrected chi connectivity index (χ1v) is 4.13. The third-order valence-electron chi connectivity index (χ3n) is 1.33. The number of carbonyl (C=O) groups excluding carboxylic acids is 1. The van der Waals surface area contributed by atoms with E-state index < -0.39 is 5.60 Å². The first-order chi connectivity index (χ1) is 5.42. The summed E-state index contributed by atoms with van der Waals surface area (Å²) in [5.41, 5.74) is 4.26. The van der Waals surface area contributed by atoms with Gasteiger partial charge in [0.2, 0.25) is 5.91 Å². The zero-order valence-electron chi connectivity index (χ0n) is 7.76. The number of amides is 1. The van der Waals surface area contributed by atoms with Crippen molar-refractivity contribution in [3.05, 3.63) is 0 Å². The zero-order valence-corrected chi connectivity index (χ0v) is 7.76. The Morgan fingerprint density at radius 3 is 2.58 bits per heavy atom. The second-order valence-electron chi connectivity index (χ2n) is 3.56. The lowest BCUT2D eigenvalue weighted by Gasteiger charge is -2.17. The van der Waals surface area contributed by atoms with Gasteiger partial charge in [0, 0.05) is 13.0 Å².